The lowest BCUT2D eigenvalue weighted by molar-refractivity contribution is 0.785. The molecule has 1 unspecified atom stereocenters. The number of imidazole rings is 1. The average molecular weight is 280 g/mol. The van der Waals surface area contributed by atoms with Crippen LogP contribution < -0.4 is 5.32 Å². The van der Waals surface area contributed by atoms with E-state index in [4.69, 9.17) is 11.6 Å². The van der Waals surface area contributed by atoms with Crippen molar-refractivity contribution in [1.29, 1.82) is 0 Å². The lowest BCUT2D eigenvalue weighted by Gasteiger charge is -2.15. The maximum Gasteiger partial charge on any atom is 0.137 e. The van der Waals surface area contributed by atoms with Crippen molar-refractivity contribution in [1.82, 2.24) is 19.9 Å². The van der Waals surface area contributed by atoms with Crippen molar-refractivity contribution in [3.63, 3.8) is 0 Å². The molecule has 5 nitrogen and oxygen atoms in total. The van der Waals surface area contributed by atoms with E-state index in [0.717, 1.165) is 35.9 Å². The van der Waals surface area contributed by atoms with Crippen LogP contribution in [0.1, 0.15) is 43.5 Å². The third-order valence-electron chi connectivity index (χ3n) is 2.89. The molecular weight excluding hydrogens is 262 g/mol. The Morgan fingerprint density at radius 3 is 2.84 bits per heavy atom. The third kappa shape index (κ3) is 3.23. The average Bonchev–Trinajstić information content (AvgIpc) is 2.89. The minimum absolute atomic E-state index is 0.0362. The smallest absolute Gasteiger partial charge is 0.137 e. The summed E-state index contributed by atoms with van der Waals surface area (Å²) in [6.45, 7) is 6.03. The maximum absolute atomic E-state index is 6.15. The van der Waals surface area contributed by atoms with Gasteiger partial charge < -0.3 is 10.3 Å². The number of hydrogen-bond acceptors (Lipinski definition) is 4. The van der Waals surface area contributed by atoms with E-state index in [1.54, 1.807) is 12.4 Å². The predicted octanol–water partition coefficient (Wildman–Crippen LogP) is 3.29. The fourth-order valence-corrected chi connectivity index (χ4v) is 1.98. The maximum atomic E-state index is 6.15. The molecular formula is C13H18ClN5. The summed E-state index contributed by atoms with van der Waals surface area (Å²) in [5.41, 5.74) is 0.861. The van der Waals surface area contributed by atoms with Gasteiger partial charge in [-0.25, -0.2) is 15.0 Å². The van der Waals surface area contributed by atoms with Gasteiger partial charge in [-0.05, 0) is 20.3 Å². The number of hydrogen-bond donors (Lipinski definition) is 2. The molecule has 19 heavy (non-hydrogen) atoms. The van der Waals surface area contributed by atoms with Crippen LogP contribution in [0.15, 0.2) is 12.4 Å². The Kier molecular flexibility index (Phi) is 4.37. The second kappa shape index (κ2) is 6.02. The Labute approximate surface area is 117 Å². The second-order valence-corrected chi connectivity index (χ2v) is 4.85. The van der Waals surface area contributed by atoms with Crippen molar-refractivity contribution >= 4 is 17.4 Å². The molecule has 0 radical (unpaired) electrons. The molecule has 0 aliphatic rings. The highest BCUT2D eigenvalue weighted by molar-refractivity contribution is 6.30. The number of aryl methyl sites for hydroxylation is 1. The van der Waals surface area contributed by atoms with Crippen molar-refractivity contribution in [3.8, 4) is 0 Å². The first-order valence-electron chi connectivity index (χ1n) is 6.40. The van der Waals surface area contributed by atoms with Crippen LogP contribution in [0, 0.1) is 6.92 Å². The summed E-state index contributed by atoms with van der Waals surface area (Å²) in [7, 11) is 0. The number of anilines is 1. The van der Waals surface area contributed by atoms with Crippen LogP contribution in [0.5, 0.6) is 0 Å². The molecule has 0 fully saturated rings. The first-order valence-corrected chi connectivity index (χ1v) is 6.78. The SMILES string of the molecule is CCCc1nc(Cl)c(C)c(NC(C)c2ncc[nH]2)n1. The van der Waals surface area contributed by atoms with Crippen LogP contribution >= 0.6 is 11.6 Å². The Balaban J connectivity index is 2.23. The number of rotatable bonds is 5. The van der Waals surface area contributed by atoms with Crippen LogP contribution in [0.25, 0.3) is 0 Å². The van der Waals surface area contributed by atoms with E-state index in [1.807, 2.05) is 13.8 Å². The van der Waals surface area contributed by atoms with Gasteiger partial charge >= 0.3 is 0 Å². The van der Waals surface area contributed by atoms with Gasteiger partial charge in [0.05, 0.1) is 6.04 Å². The number of nitrogens with one attached hydrogen (secondary N) is 2. The van der Waals surface area contributed by atoms with Gasteiger partial charge in [-0.15, -0.1) is 0 Å². The van der Waals surface area contributed by atoms with Crippen molar-refractivity contribution in [2.24, 2.45) is 0 Å². The monoisotopic (exact) mass is 279 g/mol. The summed E-state index contributed by atoms with van der Waals surface area (Å²) in [6, 6.07) is 0.0362. The van der Waals surface area contributed by atoms with Crippen LogP contribution in [0.4, 0.5) is 5.82 Å². The Morgan fingerprint density at radius 1 is 1.42 bits per heavy atom. The fraction of sp³-hybridized carbons (Fsp3) is 0.462. The minimum atomic E-state index is 0.0362. The van der Waals surface area contributed by atoms with Crippen LogP contribution in [-0.2, 0) is 6.42 Å². The first kappa shape index (κ1) is 13.8. The summed E-state index contributed by atoms with van der Waals surface area (Å²) in [4.78, 5) is 16.1. The van der Waals surface area contributed by atoms with E-state index < -0.39 is 0 Å². The van der Waals surface area contributed by atoms with Crippen molar-refractivity contribution < 1.29 is 0 Å². The molecule has 0 spiro atoms. The number of aromatic amines is 1. The standard InChI is InChI=1S/C13H18ClN5/c1-4-5-10-18-11(14)8(2)12(19-10)17-9(3)13-15-6-7-16-13/h6-7,9H,4-5H2,1-3H3,(H,15,16)(H,17,18,19). The number of H-pyrrole nitrogens is 1. The molecule has 0 amide bonds. The van der Waals surface area contributed by atoms with Gasteiger partial charge in [0.25, 0.3) is 0 Å². The predicted molar refractivity (Wildman–Crippen MR) is 76.4 cm³/mol. The van der Waals surface area contributed by atoms with Crippen molar-refractivity contribution in [2.75, 3.05) is 5.32 Å². The van der Waals surface area contributed by atoms with Crippen LogP contribution in [0.2, 0.25) is 5.15 Å². The Hall–Kier alpha value is -1.62. The normalized spacial score (nSPS) is 12.4. The molecule has 102 valence electrons. The van der Waals surface area contributed by atoms with Gasteiger partial charge in [-0.3, -0.25) is 0 Å². The number of aromatic nitrogens is 4. The topological polar surface area (TPSA) is 66.5 Å². The molecule has 1 atom stereocenters. The highest BCUT2D eigenvalue weighted by Crippen LogP contribution is 2.23. The third-order valence-corrected chi connectivity index (χ3v) is 3.26. The zero-order valence-electron chi connectivity index (χ0n) is 11.4. The van der Waals surface area contributed by atoms with E-state index in [-0.39, 0.29) is 6.04 Å². The van der Waals surface area contributed by atoms with Gasteiger partial charge in [0, 0.05) is 24.4 Å². The van der Waals surface area contributed by atoms with E-state index in [2.05, 4.69) is 32.2 Å². The summed E-state index contributed by atoms with van der Waals surface area (Å²) in [5.74, 6) is 2.41. The lowest BCUT2D eigenvalue weighted by Crippen LogP contribution is -2.12. The van der Waals surface area contributed by atoms with Gasteiger partial charge in [0.2, 0.25) is 0 Å². The molecule has 0 aliphatic carbocycles. The number of halogens is 1. The van der Waals surface area contributed by atoms with E-state index >= 15 is 0 Å². The van der Waals surface area contributed by atoms with Crippen LogP contribution in [-0.4, -0.2) is 19.9 Å². The summed E-state index contributed by atoms with van der Waals surface area (Å²) < 4.78 is 0. The summed E-state index contributed by atoms with van der Waals surface area (Å²) in [5, 5.41) is 3.83. The zero-order valence-corrected chi connectivity index (χ0v) is 12.1. The fourth-order valence-electron chi connectivity index (χ4n) is 1.80. The Morgan fingerprint density at radius 2 is 2.21 bits per heavy atom. The molecule has 2 aromatic heterocycles. The van der Waals surface area contributed by atoms with Crippen molar-refractivity contribution in [3.05, 3.63) is 34.8 Å². The lowest BCUT2D eigenvalue weighted by atomic mass is 10.2. The van der Waals surface area contributed by atoms with E-state index in [9.17, 15) is 0 Å². The first-order chi connectivity index (χ1) is 9.11. The van der Waals surface area contributed by atoms with Gasteiger partial charge in [0.1, 0.15) is 22.6 Å². The van der Waals surface area contributed by atoms with Crippen molar-refractivity contribution in [2.45, 2.75) is 39.7 Å². The minimum Gasteiger partial charge on any atom is -0.360 e. The molecule has 0 bridgehead atoms. The molecule has 2 heterocycles. The van der Waals surface area contributed by atoms with Gasteiger partial charge in [0.15, 0.2) is 0 Å². The summed E-state index contributed by atoms with van der Waals surface area (Å²) >= 11 is 6.15. The molecule has 0 aromatic carbocycles. The molecule has 0 saturated heterocycles. The highest BCUT2D eigenvalue weighted by atomic mass is 35.5. The second-order valence-electron chi connectivity index (χ2n) is 4.49. The quantitative estimate of drug-likeness (QED) is 0.824. The summed E-state index contributed by atoms with van der Waals surface area (Å²) in [6.07, 6.45) is 5.35. The van der Waals surface area contributed by atoms with Gasteiger partial charge in [-0.1, -0.05) is 18.5 Å². The van der Waals surface area contributed by atoms with E-state index in [0.29, 0.717) is 5.15 Å². The molecule has 6 heteroatoms. The van der Waals surface area contributed by atoms with Gasteiger partial charge in [-0.2, -0.15) is 0 Å². The zero-order chi connectivity index (χ0) is 13.8. The number of nitrogens with zero attached hydrogens (tertiary/aromatic N) is 3. The molecule has 2 N–H and O–H groups in total. The molecule has 2 aromatic rings. The van der Waals surface area contributed by atoms with E-state index in [1.165, 1.54) is 0 Å². The van der Waals surface area contributed by atoms with Crippen LogP contribution in [0.3, 0.4) is 0 Å². The largest absolute Gasteiger partial charge is 0.360 e. The highest BCUT2D eigenvalue weighted by Gasteiger charge is 2.13. The molecule has 0 saturated carbocycles. The molecule has 2 rings (SSSR count). The Bertz CT molecular complexity index is 538. The molecule has 0 aliphatic heterocycles.